The van der Waals surface area contributed by atoms with Crippen LogP contribution in [0.5, 0.6) is 0 Å². The highest BCUT2D eigenvalue weighted by Crippen LogP contribution is 2.10. The van der Waals surface area contributed by atoms with Gasteiger partial charge in [-0.15, -0.1) is 0 Å². The van der Waals surface area contributed by atoms with Crippen molar-refractivity contribution in [1.29, 1.82) is 0 Å². The molecule has 1 aromatic carbocycles. The van der Waals surface area contributed by atoms with Gasteiger partial charge in [-0.3, -0.25) is 0 Å². The van der Waals surface area contributed by atoms with Gasteiger partial charge in [0, 0.05) is 7.11 Å². The first kappa shape index (κ1) is 12.2. The third-order valence-corrected chi connectivity index (χ3v) is 2.12. The smallest absolute Gasteiger partial charge is 0.0319 e. The fraction of sp³-hybridized carbons (Fsp3) is 0.500. The van der Waals surface area contributed by atoms with E-state index in [1.807, 2.05) is 0 Å². The number of rotatable bonds is 3. The van der Waals surface area contributed by atoms with E-state index >= 15 is 0 Å². The molecule has 1 aromatic rings. The van der Waals surface area contributed by atoms with Crippen LogP contribution in [-0.2, 0) is 6.42 Å². The number of hydrogen-bond donors (Lipinski definition) is 1. The number of benzene rings is 1. The summed E-state index contributed by atoms with van der Waals surface area (Å²) in [6, 6.07) is 10.7. The van der Waals surface area contributed by atoms with Gasteiger partial charge in [0.05, 0.1) is 0 Å². The van der Waals surface area contributed by atoms with E-state index in [2.05, 4.69) is 44.2 Å². The molecule has 1 rings (SSSR count). The van der Waals surface area contributed by atoms with Gasteiger partial charge >= 0.3 is 0 Å². The van der Waals surface area contributed by atoms with Gasteiger partial charge in [-0.2, -0.15) is 0 Å². The van der Waals surface area contributed by atoms with Crippen LogP contribution >= 0.6 is 0 Å². The van der Waals surface area contributed by atoms with Crippen LogP contribution in [0.4, 0.5) is 0 Å². The van der Waals surface area contributed by atoms with E-state index in [0.29, 0.717) is 0 Å². The molecule has 0 saturated heterocycles. The van der Waals surface area contributed by atoms with E-state index in [1.165, 1.54) is 18.4 Å². The van der Waals surface area contributed by atoms with Crippen LogP contribution in [0.3, 0.4) is 0 Å². The number of aliphatic hydroxyl groups excluding tert-OH is 1. The zero-order valence-corrected chi connectivity index (χ0v) is 8.83. The van der Waals surface area contributed by atoms with Gasteiger partial charge in [0.1, 0.15) is 0 Å². The first-order chi connectivity index (χ1) is 6.33. The van der Waals surface area contributed by atoms with E-state index in [4.69, 9.17) is 5.11 Å². The minimum Gasteiger partial charge on any atom is -0.400 e. The van der Waals surface area contributed by atoms with Crippen LogP contribution < -0.4 is 0 Å². The van der Waals surface area contributed by atoms with Crippen molar-refractivity contribution in [1.82, 2.24) is 0 Å². The minimum atomic E-state index is 0.817. The van der Waals surface area contributed by atoms with Gasteiger partial charge in [0.15, 0.2) is 0 Å². The normalized spacial score (nSPS) is 11.4. The fourth-order valence-electron chi connectivity index (χ4n) is 1.16. The quantitative estimate of drug-likeness (QED) is 0.758. The molecule has 0 radical (unpaired) electrons. The van der Waals surface area contributed by atoms with Crippen LogP contribution in [0.25, 0.3) is 0 Å². The molecule has 1 heteroatoms. The topological polar surface area (TPSA) is 20.2 Å². The molecule has 0 aromatic heterocycles. The van der Waals surface area contributed by atoms with Crippen molar-refractivity contribution in [3.63, 3.8) is 0 Å². The molecular weight excluding hydrogens is 160 g/mol. The maximum Gasteiger partial charge on any atom is 0.0319 e. The Balaban J connectivity index is 0.000000671. The molecule has 0 aliphatic heterocycles. The molecule has 0 bridgehead atoms. The van der Waals surface area contributed by atoms with Crippen molar-refractivity contribution in [2.24, 2.45) is 5.92 Å². The lowest BCUT2D eigenvalue weighted by Gasteiger charge is -2.06. The average molecular weight is 180 g/mol. The van der Waals surface area contributed by atoms with Crippen molar-refractivity contribution >= 4 is 0 Å². The fourth-order valence-corrected chi connectivity index (χ4v) is 1.16. The summed E-state index contributed by atoms with van der Waals surface area (Å²) in [5.74, 6) is 0.817. The van der Waals surface area contributed by atoms with Gasteiger partial charge in [-0.05, 0) is 17.9 Å². The summed E-state index contributed by atoms with van der Waals surface area (Å²) in [5, 5.41) is 7.00. The SMILES string of the molecule is CCC(C)Cc1ccccc1.CO. The van der Waals surface area contributed by atoms with Gasteiger partial charge in [-0.1, -0.05) is 50.6 Å². The van der Waals surface area contributed by atoms with Gasteiger partial charge in [0.2, 0.25) is 0 Å². The Morgan fingerprint density at radius 3 is 2.15 bits per heavy atom. The van der Waals surface area contributed by atoms with E-state index in [1.54, 1.807) is 0 Å². The summed E-state index contributed by atoms with van der Waals surface area (Å²) < 4.78 is 0. The van der Waals surface area contributed by atoms with Crippen LogP contribution in [0.15, 0.2) is 30.3 Å². The monoisotopic (exact) mass is 180 g/mol. The second-order valence-electron chi connectivity index (χ2n) is 3.20. The summed E-state index contributed by atoms with van der Waals surface area (Å²) in [7, 11) is 1.00. The predicted molar refractivity (Wildman–Crippen MR) is 57.7 cm³/mol. The molecule has 13 heavy (non-hydrogen) atoms. The second kappa shape index (κ2) is 7.81. The van der Waals surface area contributed by atoms with Crippen LogP contribution in [-0.4, -0.2) is 12.2 Å². The summed E-state index contributed by atoms with van der Waals surface area (Å²) in [5.41, 5.74) is 1.46. The Labute approximate surface area is 81.4 Å². The predicted octanol–water partition coefficient (Wildman–Crippen LogP) is 2.88. The third-order valence-electron chi connectivity index (χ3n) is 2.12. The van der Waals surface area contributed by atoms with Crippen molar-refractivity contribution in [3.05, 3.63) is 35.9 Å². The molecular formula is C12H20O. The summed E-state index contributed by atoms with van der Waals surface area (Å²) >= 11 is 0. The van der Waals surface area contributed by atoms with Gasteiger partial charge in [0.25, 0.3) is 0 Å². The molecule has 0 heterocycles. The maximum absolute atomic E-state index is 7.00. The van der Waals surface area contributed by atoms with E-state index in [9.17, 15) is 0 Å². The van der Waals surface area contributed by atoms with Crippen molar-refractivity contribution in [2.75, 3.05) is 7.11 Å². The zero-order chi connectivity index (χ0) is 10.1. The lowest BCUT2D eigenvalue weighted by Crippen LogP contribution is -1.96. The Bertz CT molecular complexity index is 194. The molecule has 74 valence electrons. The minimum absolute atomic E-state index is 0.817. The van der Waals surface area contributed by atoms with Crippen molar-refractivity contribution in [3.8, 4) is 0 Å². The van der Waals surface area contributed by atoms with Gasteiger partial charge in [-0.25, -0.2) is 0 Å². The highest BCUT2D eigenvalue weighted by Gasteiger charge is 1.98. The largest absolute Gasteiger partial charge is 0.400 e. The van der Waals surface area contributed by atoms with Crippen molar-refractivity contribution < 1.29 is 5.11 Å². The highest BCUT2D eigenvalue weighted by atomic mass is 16.2. The molecule has 1 nitrogen and oxygen atoms in total. The molecule has 0 fully saturated rings. The summed E-state index contributed by atoms with van der Waals surface area (Å²) in [6.07, 6.45) is 2.49. The first-order valence-corrected chi connectivity index (χ1v) is 4.81. The highest BCUT2D eigenvalue weighted by molar-refractivity contribution is 5.14. The van der Waals surface area contributed by atoms with Crippen LogP contribution in [0.1, 0.15) is 25.8 Å². The molecule has 1 unspecified atom stereocenters. The molecule has 0 aliphatic rings. The van der Waals surface area contributed by atoms with Crippen molar-refractivity contribution in [2.45, 2.75) is 26.7 Å². The Hall–Kier alpha value is -0.820. The lowest BCUT2D eigenvalue weighted by atomic mass is 9.99. The third kappa shape index (κ3) is 5.42. The number of aliphatic hydroxyl groups is 1. The Morgan fingerprint density at radius 1 is 1.15 bits per heavy atom. The van der Waals surface area contributed by atoms with E-state index in [-0.39, 0.29) is 0 Å². The van der Waals surface area contributed by atoms with Gasteiger partial charge < -0.3 is 5.11 Å². The first-order valence-electron chi connectivity index (χ1n) is 4.81. The maximum atomic E-state index is 7.00. The zero-order valence-electron chi connectivity index (χ0n) is 8.83. The Morgan fingerprint density at radius 2 is 1.69 bits per heavy atom. The second-order valence-corrected chi connectivity index (χ2v) is 3.20. The van der Waals surface area contributed by atoms with E-state index in [0.717, 1.165) is 13.0 Å². The standard InChI is InChI=1S/C11H16.CH4O/c1-3-10(2)9-11-7-5-4-6-8-11;1-2/h4-8,10H,3,9H2,1-2H3;2H,1H3. The van der Waals surface area contributed by atoms with Crippen LogP contribution in [0.2, 0.25) is 0 Å². The molecule has 0 spiro atoms. The van der Waals surface area contributed by atoms with E-state index < -0.39 is 0 Å². The molecule has 1 N–H and O–H groups in total. The lowest BCUT2D eigenvalue weighted by molar-refractivity contribution is 0.399. The molecule has 0 saturated carbocycles. The summed E-state index contributed by atoms with van der Waals surface area (Å²) in [4.78, 5) is 0. The average Bonchev–Trinajstić information content (AvgIpc) is 2.22. The molecule has 0 amide bonds. The summed E-state index contributed by atoms with van der Waals surface area (Å²) in [6.45, 7) is 4.54. The Kier molecular flexibility index (Phi) is 7.32. The number of hydrogen-bond acceptors (Lipinski definition) is 1. The molecule has 0 aliphatic carbocycles. The van der Waals surface area contributed by atoms with Crippen LogP contribution in [0, 0.1) is 5.92 Å². The molecule has 1 atom stereocenters.